The molecule has 0 bridgehead atoms. The molecular formula is C19H19N3O2. The summed E-state index contributed by atoms with van der Waals surface area (Å²) in [6.07, 6.45) is 1.67. The highest BCUT2D eigenvalue weighted by molar-refractivity contribution is 5.84. The van der Waals surface area contributed by atoms with Crippen LogP contribution in [-0.4, -0.2) is 30.7 Å². The highest BCUT2D eigenvalue weighted by Crippen LogP contribution is 2.25. The predicted octanol–water partition coefficient (Wildman–Crippen LogP) is 2.65. The Bertz CT molecular complexity index is 921. The van der Waals surface area contributed by atoms with Gasteiger partial charge >= 0.3 is 5.63 Å². The fraction of sp³-hybridized carbons (Fsp3) is 0.263. The normalized spacial score (nSPS) is 18.0. The molecule has 122 valence electrons. The zero-order valence-electron chi connectivity index (χ0n) is 13.5. The van der Waals surface area contributed by atoms with Gasteiger partial charge in [0.2, 0.25) is 0 Å². The van der Waals surface area contributed by atoms with Gasteiger partial charge in [0.1, 0.15) is 5.58 Å². The molecule has 1 unspecified atom stereocenters. The third-order valence-electron chi connectivity index (χ3n) is 4.39. The van der Waals surface area contributed by atoms with Crippen molar-refractivity contribution in [3.05, 3.63) is 59.1 Å². The maximum atomic E-state index is 12.3. The molecule has 1 saturated heterocycles. The van der Waals surface area contributed by atoms with Crippen molar-refractivity contribution >= 4 is 16.7 Å². The molecule has 0 amide bonds. The quantitative estimate of drug-likeness (QED) is 0.735. The molecule has 5 nitrogen and oxygen atoms in total. The van der Waals surface area contributed by atoms with Crippen LogP contribution in [0.3, 0.4) is 0 Å². The van der Waals surface area contributed by atoms with Crippen LogP contribution in [0, 0.1) is 0 Å². The summed E-state index contributed by atoms with van der Waals surface area (Å²) in [6.45, 7) is 5.03. The molecular weight excluding hydrogens is 302 g/mol. The van der Waals surface area contributed by atoms with Gasteiger partial charge in [0.15, 0.2) is 0 Å². The van der Waals surface area contributed by atoms with E-state index in [2.05, 4.69) is 28.2 Å². The molecule has 1 aliphatic rings. The first-order valence-corrected chi connectivity index (χ1v) is 8.18. The average molecular weight is 321 g/mol. The minimum atomic E-state index is -0.355. The van der Waals surface area contributed by atoms with Crippen molar-refractivity contribution in [3.63, 3.8) is 0 Å². The van der Waals surface area contributed by atoms with Gasteiger partial charge < -0.3 is 14.6 Å². The van der Waals surface area contributed by atoms with Gasteiger partial charge in [-0.15, -0.1) is 0 Å². The number of hydrogen-bond acceptors (Lipinski definition) is 5. The number of hydrogen-bond donors (Lipinski definition) is 1. The lowest BCUT2D eigenvalue weighted by Crippen LogP contribution is -2.49. The van der Waals surface area contributed by atoms with E-state index in [0.29, 0.717) is 22.9 Å². The van der Waals surface area contributed by atoms with Crippen LogP contribution >= 0.6 is 0 Å². The number of pyridine rings is 1. The number of nitrogens with one attached hydrogen (secondary N) is 1. The van der Waals surface area contributed by atoms with Crippen molar-refractivity contribution in [2.75, 3.05) is 24.5 Å². The van der Waals surface area contributed by atoms with Gasteiger partial charge in [-0.05, 0) is 37.3 Å². The SMILES string of the molecule is CC1CN(c2ccc3cc(-c4ccccn4)c(=O)oc3c2)CCN1. The molecule has 3 heterocycles. The van der Waals surface area contributed by atoms with Crippen molar-refractivity contribution in [1.29, 1.82) is 0 Å². The van der Waals surface area contributed by atoms with Crippen molar-refractivity contribution in [2.45, 2.75) is 13.0 Å². The Kier molecular flexibility index (Phi) is 3.78. The third-order valence-corrected chi connectivity index (χ3v) is 4.39. The van der Waals surface area contributed by atoms with E-state index in [9.17, 15) is 4.79 Å². The Morgan fingerprint density at radius 3 is 2.96 bits per heavy atom. The van der Waals surface area contributed by atoms with Gasteiger partial charge in [-0.2, -0.15) is 0 Å². The van der Waals surface area contributed by atoms with Crippen LogP contribution in [0.2, 0.25) is 0 Å². The highest BCUT2D eigenvalue weighted by Gasteiger charge is 2.17. The number of anilines is 1. The first kappa shape index (κ1) is 14.9. The van der Waals surface area contributed by atoms with Crippen molar-refractivity contribution < 1.29 is 4.42 Å². The fourth-order valence-corrected chi connectivity index (χ4v) is 3.16. The molecule has 0 aliphatic carbocycles. The van der Waals surface area contributed by atoms with Gasteiger partial charge in [0.05, 0.1) is 11.3 Å². The maximum absolute atomic E-state index is 12.3. The summed E-state index contributed by atoms with van der Waals surface area (Å²) in [7, 11) is 0. The smallest absolute Gasteiger partial charge is 0.345 e. The lowest BCUT2D eigenvalue weighted by molar-refractivity contribution is 0.484. The summed E-state index contributed by atoms with van der Waals surface area (Å²) in [4.78, 5) is 18.9. The molecule has 0 saturated carbocycles. The van der Waals surface area contributed by atoms with E-state index in [1.807, 2.05) is 36.4 Å². The number of rotatable bonds is 2. The van der Waals surface area contributed by atoms with Crippen LogP contribution < -0.4 is 15.8 Å². The molecule has 1 atom stereocenters. The van der Waals surface area contributed by atoms with Gasteiger partial charge in [0, 0.05) is 49.0 Å². The molecule has 24 heavy (non-hydrogen) atoms. The van der Waals surface area contributed by atoms with E-state index in [4.69, 9.17) is 4.42 Å². The molecule has 3 aromatic rings. The fourth-order valence-electron chi connectivity index (χ4n) is 3.16. The van der Waals surface area contributed by atoms with E-state index < -0.39 is 0 Å². The van der Waals surface area contributed by atoms with Crippen molar-refractivity contribution in [2.24, 2.45) is 0 Å². The second kappa shape index (κ2) is 6.09. The lowest BCUT2D eigenvalue weighted by Gasteiger charge is -2.33. The van der Waals surface area contributed by atoms with E-state index in [0.717, 1.165) is 30.7 Å². The topological polar surface area (TPSA) is 58.4 Å². The standard InChI is InChI=1S/C19H19N3O2/c1-13-12-22(9-8-20-13)15-6-5-14-10-16(17-4-2-3-7-21-17)19(23)24-18(14)11-15/h2-7,10-11,13,20H,8-9,12H2,1H3. The van der Waals surface area contributed by atoms with Gasteiger partial charge in [-0.25, -0.2) is 4.79 Å². The minimum Gasteiger partial charge on any atom is -0.422 e. The Hall–Kier alpha value is -2.66. The Labute approximate surface area is 139 Å². The summed E-state index contributed by atoms with van der Waals surface area (Å²) in [5.74, 6) is 0. The molecule has 1 N–H and O–H groups in total. The summed E-state index contributed by atoms with van der Waals surface area (Å²) >= 11 is 0. The van der Waals surface area contributed by atoms with E-state index in [1.165, 1.54) is 0 Å². The average Bonchev–Trinajstić information content (AvgIpc) is 2.61. The molecule has 4 rings (SSSR count). The summed E-state index contributed by atoms with van der Waals surface area (Å²) in [6, 6.07) is 13.9. The molecule has 5 heteroatoms. The predicted molar refractivity (Wildman–Crippen MR) is 95.4 cm³/mol. The number of piperazine rings is 1. The molecule has 0 spiro atoms. The lowest BCUT2D eigenvalue weighted by atomic mass is 10.1. The second-order valence-electron chi connectivity index (χ2n) is 6.19. The van der Waals surface area contributed by atoms with E-state index in [-0.39, 0.29) is 5.63 Å². The highest BCUT2D eigenvalue weighted by atomic mass is 16.4. The molecule has 2 aromatic heterocycles. The molecule has 0 radical (unpaired) electrons. The molecule has 1 aromatic carbocycles. The summed E-state index contributed by atoms with van der Waals surface area (Å²) < 4.78 is 5.57. The van der Waals surface area contributed by atoms with Crippen LogP contribution in [0.5, 0.6) is 0 Å². The number of nitrogens with zero attached hydrogens (tertiary/aromatic N) is 2. The first-order chi connectivity index (χ1) is 11.7. The summed E-state index contributed by atoms with van der Waals surface area (Å²) in [5.41, 5.74) is 2.47. The zero-order chi connectivity index (χ0) is 16.5. The third kappa shape index (κ3) is 2.78. The van der Waals surface area contributed by atoms with Crippen molar-refractivity contribution in [3.8, 4) is 11.3 Å². The monoisotopic (exact) mass is 321 g/mol. The number of benzene rings is 1. The minimum absolute atomic E-state index is 0.355. The largest absolute Gasteiger partial charge is 0.422 e. The van der Waals surface area contributed by atoms with Gasteiger partial charge in [-0.3, -0.25) is 4.98 Å². The Balaban J connectivity index is 1.75. The van der Waals surface area contributed by atoms with Crippen LogP contribution in [0.4, 0.5) is 5.69 Å². The van der Waals surface area contributed by atoms with Crippen LogP contribution in [0.25, 0.3) is 22.2 Å². The van der Waals surface area contributed by atoms with Gasteiger partial charge in [-0.1, -0.05) is 6.07 Å². The first-order valence-electron chi connectivity index (χ1n) is 8.18. The number of aromatic nitrogens is 1. The molecule has 1 aliphatic heterocycles. The second-order valence-corrected chi connectivity index (χ2v) is 6.19. The zero-order valence-corrected chi connectivity index (χ0v) is 13.5. The van der Waals surface area contributed by atoms with Crippen molar-refractivity contribution in [1.82, 2.24) is 10.3 Å². The Morgan fingerprint density at radius 2 is 2.17 bits per heavy atom. The van der Waals surface area contributed by atoms with E-state index in [1.54, 1.807) is 6.20 Å². The number of fused-ring (bicyclic) bond motifs is 1. The van der Waals surface area contributed by atoms with E-state index >= 15 is 0 Å². The van der Waals surface area contributed by atoms with Gasteiger partial charge in [0.25, 0.3) is 0 Å². The van der Waals surface area contributed by atoms with Crippen LogP contribution in [-0.2, 0) is 0 Å². The summed E-state index contributed by atoms with van der Waals surface area (Å²) in [5, 5.41) is 4.34. The Morgan fingerprint density at radius 1 is 1.25 bits per heavy atom. The van der Waals surface area contributed by atoms with Crippen LogP contribution in [0.15, 0.2) is 57.9 Å². The van der Waals surface area contributed by atoms with Crippen LogP contribution in [0.1, 0.15) is 6.92 Å². The maximum Gasteiger partial charge on any atom is 0.345 e. The molecule has 1 fully saturated rings.